The second kappa shape index (κ2) is 8.63. The number of carbonyl (C=O) groups excluding carboxylic acids is 1. The van der Waals surface area contributed by atoms with Gasteiger partial charge >= 0.3 is 0 Å². The summed E-state index contributed by atoms with van der Waals surface area (Å²) in [6.07, 6.45) is 0. The normalized spacial score (nSPS) is 11.1. The monoisotopic (exact) mass is 432 g/mol. The third-order valence-corrected chi connectivity index (χ3v) is 6.22. The Bertz CT molecular complexity index is 1120. The third kappa shape index (κ3) is 4.93. The average Bonchev–Trinajstić information content (AvgIpc) is 2.69. The van der Waals surface area contributed by atoms with Crippen molar-refractivity contribution in [2.75, 3.05) is 16.2 Å². The summed E-state index contributed by atoms with van der Waals surface area (Å²) in [6, 6.07) is 17.7. The van der Waals surface area contributed by atoms with Gasteiger partial charge in [0.15, 0.2) is 0 Å². The van der Waals surface area contributed by atoms with Crippen molar-refractivity contribution in [1.29, 1.82) is 0 Å². The summed E-state index contributed by atoms with van der Waals surface area (Å²) in [4.78, 5) is 12.5. The van der Waals surface area contributed by atoms with Crippen LogP contribution in [0.3, 0.4) is 0 Å². The first-order chi connectivity index (χ1) is 13.8. The van der Waals surface area contributed by atoms with Gasteiger partial charge in [-0.05, 0) is 67.1 Å². The second-order valence-electron chi connectivity index (χ2n) is 6.31. The number of amides is 1. The molecule has 0 fully saturated rings. The molecule has 0 saturated heterocycles. The number of rotatable bonds is 6. The Labute approximate surface area is 173 Å². The van der Waals surface area contributed by atoms with Gasteiger partial charge in [-0.3, -0.25) is 9.10 Å². The maximum atomic E-state index is 13.2. The minimum Gasteiger partial charge on any atom is -0.324 e. The first-order valence-electron chi connectivity index (χ1n) is 8.67. The zero-order chi connectivity index (χ0) is 21.0. The molecule has 0 atom stereocenters. The summed E-state index contributed by atoms with van der Waals surface area (Å²) in [5.41, 5.74) is 1.60. The molecule has 1 amide bonds. The number of halogens is 2. The molecule has 0 saturated carbocycles. The summed E-state index contributed by atoms with van der Waals surface area (Å²) in [5.74, 6) is -1.07. The van der Waals surface area contributed by atoms with E-state index in [1.807, 2.05) is 0 Å². The fraction of sp³-hybridized carbons (Fsp3) is 0.0952. The van der Waals surface area contributed by atoms with Gasteiger partial charge in [0, 0.05) is 10.7 Å². The zero-order valence-electron chi connectivity index (χ0n) is 15.5. The van der Waals surface area contributed by atoms with E-state index in [0.717, 1.165) is 22.0 Å². The molecule has 0 heterocycles. The Kier molecular flexibility index (Phi) is 6.20. The highest BCUT2D eigenvalue weighted by molar-refractivity contribution is 7.92. The highest BCUT2D eigenvalue weighted by Crippen LogP contribution is 2.24. The molecule has 0 aliphatic heterocycles. The van der Waals surface area contributed by atoms with Crippen molar-refractivity contribution in [3.63, 3.8) is 0 Å². The van der Waals surface area contributed by atoms with E-state index in [2.05, 4.69) is 5.32 Å². The van der Waals surface area contributed by atoms with E-state index < -0.39 is 28.3 Å². The van der Waals surface area contributed by atoms with Gasteiger partial charge in [0.05, 0.1) is 10.6 Å². The molecule has 0 unspecified atom stereocenters. The molecule has 0 spiro atoms. The standard InChI is InChI=1S/C21H18ClFN2O3S/c1-15-13-16(22)7-12-20(15)24-21(26)14-25(18-5-3-2-4-6-18)29(27,28)19-10-8-17(23)9-11-19/h2-13H,14H2,1H3,(H,24,26). The van der Waals surface area contributed by atoms with Gasteiger partial charge in [0.2, 0.25) is 5.91 Å². The van der Waals surface area contributed by atoms with Gasteiger partial charge in [-0.2, -0.15) is 0 Å². The average molecular weight is 433 g/mol. The highest BCUT2D eigenvalue weighted by Gasteiger charge is 2.27. The minimum atomic E-state index is -4.09. The van der Waals surface area contributed by atoms with E-state index in [0.29, 0.717) is 16.4 Å². The van der Waals surface area contributed by atoms with Crippen LogP contribution in [0.25, 0.3) is 0 Å². The Morgan fingerprint density at radius 1 is 1.03 bits per heavy atom. The van der Waals surface area contributed by atoms with Crippen LogP contribution >= 0.6 is 11.6 Å². The SMILES string of the molecule is Cc1cc(Cl)ccc1NC(=O)CN(c1ccccc1)S(=O)(=O)c1ccc(F)cc1. The maximum Gasteiger partial charge on any atom is 0.264 e. The van der Waals surface area contributed by atoms with Crippen LogP contribution in [0.1, 0.15) is 5.56 Å². The van der Waals surface area contributed by atoms with Crippen molar-refractivity contribution in [2.45, 2.75) is 11.8 Å². The Hall–Kier alpha value is -2.90. The Balaban J connectivity index is 1.92. The predicted octanol–water partition coefficient (Wildman–Crippen LogP) is 4.62. The number of carbonyl (C=O) groups is 1. The molecule has 0 radical (unpaired) electrons. The lowest BCUT2D eigenvalue weighted by Crippen LogP contribution is -2.38. The first-order valence-corrected chi connectivity index (χ1v) is 10.5. The lowest BCUT2D eigenvalue weighted by molar-refractivity contribution is -0.114. The number of nitrogens with one attached hydrogen (secondary N) is 1. The van der Waals surface area contributed by atoms with Crippen LogP contribution in [0, 0.1) is 12.7 Å². The minimum absolute atomic E-state index is 0.113. The lowest BCUT2D eigenvalue weighted by Gasteiger charge is -2.24. The summed E-state index contributed by atoms with van der Waals surface area (Å²) in [7, 11) is -4.09. The third-order valence-electron chi connectivity index (χ3n) is 4.20. The number of anilines is 2. The van der Waals surface area contributed by atoms with E-state index >= 15 is 0 Å². The van der Waals surface area contributed by atoms with Crippen LogP contribution in [0.4, 0.5) is 15.8 Å². The van der Waals surface area contributed by atoms with Crippen molar-refractivity contribution >= 4 is 38.9 Å². The van der Waals surface area contributed by atoms with E-state index in [1.165, 1.54) is 12.1 Å². The number of benzene rings is 3. The van der Waals surface area contributed by atoms with Gasteiger partial charge < -0.3 is 5.32 Å². The van der Waals surface area contributed by atoms with Gasteiger partial charge in [-0.15, -0.1) is 0 Å². The second-order valence-corrected chi connectivity index (χ2v) is 8.61. The van der Waals surface area contributed by atoms with Crippen molar-refractivity contribution in [3.8, 4) is 0 Å². The molecule has 29 heavy (non-hydrogen) atoms. The maximum absolute atomic E-state index is 13.2. The smallest absolute Gasteiger partial charge is 0.264 e. The fourth-order valence-electron chi connectivity index (χ4n) is 2.73. The number of hydrogen-bond acceptors (Lipinski definition) is 3. The number of nitrogens with zero attached hydrogens (tertiary/aromatic N) is 1. The highest BCUT2D eigenvalue weighted by atomic mass is 35.5. The summed E-state index contributed by atoms with van der Waals surface area (Å²) in [5, 5.41) is 3.24. The van der Waals surface area contributed by atoms with Gasteiger partial charge in [0.25, 0.3) is 10.0 Å². The molecular formula is C21H18ClFN2O3S. The van der Waals surface area contributed by atoms with Crippen molar-refractivity contribution in [1.82, 2.24) is 0 Å². The van der Waals surface area contributed by atoms with Crippen LogP contribution in [-0.2, 0) is 14.8 Å². The Morgan fingerprint density at radius 2 is 1.69 bits per heavy atom. The Morgan fingerprint density at radius 3 is 2.31 bits per heavy atom. The molecule has 0 aromatic heterocycles. The van der Waals surface area contributed by atoms with Gasteiger partial charge in [-0.25, -0.2) is 12.8 Å². The van der Waals surface area contributed by atoms with Crippen LogP contribution in [0.5, 0.6) is 0 Å². The predicted molar refractivity (Wildman–Crippen MR) is 112 cm³/mol. The molecule has 1 N–H and O–H groups in total. The molecule has 5 nitrogen and oxygen atoms in total. The van der Waals surface area contributed by atoms with E-state index in [9.17, 15) is 17.6 Å². The largest absolute Gasteiger partial charge is 0.324 e. The van der Waals surface area contributed by atoms with Gasteiger partial charge in [-0.1, -0.05) is 29.8 Å². The number of sulfonamides is 1. The van der Waals surface area contributed by atoms with Gasteiger partial charge in [0.1, 0.15) is 12.4 Å². The van der Waals surface area contributed by atoms with E-state index in [-0.39, 0.29) is 4.90 Å². The van der Waals surface area contributed by atoms with Crippen molar-refractivity contribution in [3.05, 3.63) is 89.2 Å². The van der Waals surface area contributed by atoms with Crippen LogP contribution in [0.2, 0.25) is 5.02 Å². The lowest BCUT2D eigenvalue weighted by atomic mass is 10.2. The molecule has 8 heteroatoms. The van der Waals surface area contributed by atoms with Crippen LogP contribution in [0.15, 0.2) is 77.7 Å². The summed E-state index contributed by atoms with van der Waals surface area (Å²) >= 11 is 5.93. The summed E-state index contributed by atoms with van der Waals surface area (Å²) in [6.45, 7) is 1.33. The molecule has 3 aromatic carbocycles. The quantitative estimate of drug-likeness (QED) is 0.618. The topological polar surface area (TPSA) is 66.5 Å². The number of aryl methyl sites for hydroxylation is 1. The molecule has 0 bridgehead atoms. The molecular weight excluding hydrogens is 415 g/mol. The molecule has 0 aliphatic carbocycles. The van der Waals surface area contributed by atoms with Crippen LogP contribution in [-0.4, -0.2) is 20.9 Å². The molecule has 0 aliphatic rings. The van der Waals surface area contributed by atoms with Crippen molar-refractivity contribution < 1.29 is 17.6 Å². The van der Waals surface area contributed by atoms with E-state index in [1.54, 1.807) is 55.5 Å². The molecule has 3 aromatic rings. The molecule has 150 valence electrons. The number of para-hydroxylation sites is 1. The first kappa shape index (κ1) is 20.8. The summed E-state index contributed by atoms with van der Waals surface area (Å²) < 4.78 is 40.5. The van der Waals surface area contributed by atoms with Crippen LogP contribution < -0.4 is 9.62 Å². The van der Waals surface area contributed by atoms with Crippen molar-refractivity contribution in [2.24, 2.45) is 0 Å². The fourth-order valence-corrected chi connectivity index (χ4v) is 4.38. The van der Waals surface area contributed by atoms with E-state index in [4.69, 9.17) is 11.6 Å². The number of hydrogen-bond donors (Lipinski definition) is 1. The zero-order valence-corrected chi connectivity index (χ0v) is 17.0. The molecule has 3 rings (SSSR count).